The van der Waals surface area contributed by atoms with Crippen LogP contribution in [0.25, 0.3) is 0 Å². The first kappa shape index (κ1) is 14.5. The van der Waals surface area contributed by atoms with Gasteiger partial charge in [0.05, 0.1) is 11.1 Å². The smallest absolute Gasteiger partial charge is 0.351 e. The van der Waals surface area contributed by atoms with Crippen molar-refractivity contribution in [2.24, 2.45) is 0 Å². The largest absolute Gasteiger partial charge is 0.417 e. The average Bonchev–Trinajstić information content (AvgIpc) is 2.54. The second-order valence-electron chi connectivity index (χ2n) is 5.39. The van der Waals surface area contributed by atoms with Crippen LogP contribution >= 0.6 is 0 Å². The Bertz CT molecular complexity index is 543. The maximum atomic E-state index is 14.2. The molecule has 0 spiro atoms. The minimum atomic E-state index is -4.67. The second kappa shape index (κ2) is 4.79. The Labute approximate surface area is 118 Å². The molecule has 2 aliphatic rings. The summed E-state index contributed by atoms with van der Waals surface area (Å²) in [7, 11) is 0. The van der Waals surface area contributed by atoms with Gasteiger partial charge < -0.3 is 10.2 Å². The van der Waals surface area contributed by atoms with Crippen molar-refractivity contribution in [2.75, 3.05) is 24.5 Å². The normalized spacial score (nSPS) is 25.0. The van der Waals surface area contributed by atoms with Crippen molar-refractivity contribution in [1.82, 2.24) is 10.3 Å². The predicted molar refractivity (Wildman–Crippen MR) is 66.4 cm³/mol. The number of rotatable bonds is 0. The van der Waals surface area contributed by atoms with Crippen LogP contribution in [-0.2, 0) is 12.1 Å². The summed E-state index contributed by atoms with van der Waals surface area (Å²) in [4.78, 5) is 5.43. The lowest BCUT2D eigenvalue weighted by Crippen LogP contribution is -2.51. The fraction of sp³-hybridized carbons (Fsp3) is 0.615. The van der Waals surface area contributed by atoms with E-state index in [-0.39, 0.29) is 18.3 Å². The summed E-state index contributed by atoms with van der Waals surface area (Å²) in [5.41, 5.74) is -1.74. The molecule has 0 aliphatic carbocycles. The molecule has 3 heterocycles. The lowest BCUT2D eigenvalue weighted by atomic mass is 10.0. The molecule has 0 amide bonds. The summed E-state index contributed by atoms with van der Waals surface area (Å²) < 4.78 is 66.6. The van der Waals surface area contributed by atoms with E-state index in [0.29, 0.717) is 31.9 Å². The van der Waals surface area contributed by atoms with Crippen LogP contribution in [0.1, 0.15) is 24.0 Å². The van der Waals surface area contributed by atoms with E-state index in [1.54, 1.807) is 4.90 Å². The van der Waals surface area contributed by atoms with Gasteiger partial charge in [-0.25, -0.2) is 13.8 Å². The number of anilines is 1. The molecule has 1 N–H and O–H groups in total. The van der Waals surface area contributed by atoms with Gasteiger partial charge in [0.1, 0.15) is 5.82 Å². The topological polar surface area (TPSA) is 28.2 Å². The Morgan fingerprint density at radius 2 is 2.10 bits per heavy atom. The van der Waals surface area contributed by atoms with Crippen LogP contribution in [-0.4, -0.2) is 30.7 Å². The molecule has 116 valence electrons. The van der Waals surface area contributed by atoms with Crippen LogP contribution in [0.15, 0.2) is 12.3 Å². The number of halogens is 5. The maximum Gasteiger partial charge on any atom is 0.417 e. The van der Waals surface area contributed by atoms with Gasteiger partial charge in [-0.3, -0.25) is 0 Å². The molecule has 8 heteroatoms. The van der Waals surface area contributed by atoms with Crippen LogP contribution < -0.4 is 10.2 Å². The molecular weight excluding hydrogens is 293 g/mol. The van der Waals surface area contributed by atoms with E-state index in [2.05, 4.69) is 10.3 Å². The Kier molecular flexibility index (Phi) is 3.31. The molecule has 2 aliphatic heterocycles. The standard InChI is InChI=1S/C13H14F5N3/c14-12(15)2-1-9-7-19-3-4-21(9)11-10(12)5-8(6-20-11)13(16,17)18/h5-6,9,19H,1-4,7H2/t9-/m1/s1. The van der Waals surface area contributed by atoms with E-state index in [0.717, 1.165) is 0 Å². The van der Waals surface area contributed by atoms with Gasteiger partial charge in [0.25, 0.3) is 5.92 Å². The first-order valence-corrected chi connectivity index (χ1v) is 6.72. The van der Waals surface area contributed by atoms with Crippen LogP contribution in [0.4, 0.5) is 27.8 Å². The van der Waals surface area contributed by atoms with E-state index < -0.39 is 29.6 Å². The fourth-order valence-electron chi connectivity index (χ4n) is 2.89. The van der Waals surface area contributed by atoms with Crippen LogP contribution in [0.2, 0.25) is 0 Å². The van der Waals surface area contributed by atoms with Gasteiger partial charge >= 0.3 is 6.18 Å². The van der Waals surface area contributed by atoms with Crippen molar-refractivity contribution < 1.29 is 22.0 Å². The number of alkyl halides is 5. The number of fused-ring (bicyclic) bond motifs is 3. The summed E-state index contributed by atoms with van der Waals surface area (Å²) in [5.74, 6) is -3.31. The molecule has 3 rings (SSSR count). The van der Waals surface area contributed by atoms with Crippen molar-refractivity contribution in [3.05, 3.63) is 23.4 Å². The van der Waals surface area contributed by atoms with E-state index in [1.165, 1.54) is 0 Å². The first-order chi connectivity index (χ1) is 9.79. The number of nitrogens with one attached hydrogen (secondary N) is 1. The highest BCUT2D eigenvalue weighted by Gasteiger charge is 2.44. The monoisotopic (exact) mass is 307 g/mol. The lowest BCUT2D eigenvalue weighted by molar-refractivity contribution is -0.138. The van der Waals surface area contributed by atoms with E-state index in [9.17, 15) is 22.0 Å². The van der Waals surface area contributed by atoms with Crippen molar-refractivity contribution in [1.29, 1.82) is 0 Å². The highest BCUT2D eigenvalue weighted by atomic mass is 19.4. The SMILES string of the molecule is FC(F)(F)c1cnc2c(c1)C(F)(F)CC[C@@H]1CNCCN21. The average molecular weight is 307 g/mol. The zero-order valence-corrected chi connectivity index (χ0v) is 11.1. The van der Waals surface area contributed by atoms with Crippen LogP contribution in [0.5, 0.6) is 0 Å². The lowest BCUT2D eigenvalue weighted by Gasteiger charge is -2.36. The molecule has 0 bridgehead atoms. The predicted octanol–water partition coefficient (Wildman–Crippen LogP) is 2.76. The summed E-state index contributed by atoms with van der Waals surface area (Å²) in [6.07, 6.45) is -4.28. The quantitative estimate of drug-likeness (QED) is 0.747. The minimum Gasteiger partial charge on any atom is -0.351 e. The molecule has 0 unspecified atom stereocenters. The molecular formula is C13H14F5N3. The highest BCUT2D eigenvalue weighted by Crippen LogP contribution is 2.44. The van der Waals surface area contributed by atoms with Crippen molar-refractivity contribution in [3.63, 3.8) is 0 Å². The summed E-state index contributed by atoms with van der Waals surface area (Å²) >= 11 is 0. The number of hydrogen-bond acceptors (Lipinski definition) is 3. The van der Waals surface area contributed by atoms with Gasteiger partial charge in [-0.1, -0.05) is 0 Å². The van der Waals surface area contributed by atoms with Crippen molar-refractivity contribution >= 4 is 5.82 Å². The number of hydrogen-bond donors (Lipinski definition) is 1. The van der Waals surface area contributed by atoms with E-state index in [4.69, 9.17) is 0 Å². The number of nitrogens with zero attached hydrogens (tertiary/aromatic N) is 2. The van der Waals surface area contributed by atoms with Crippen molar-refractivity contribution in [2.45, 2.75) is 31.0 Å². The molecule has 1 saturated heterocycles. The minimum absolute atomic E-state index is 0.0167. The van der Waals surface area contributed by atoms with Crippen LogP contribution in [0.3, 0.4) is 0 Å². The van der Waals surface area contributed by atoms with Gasteiger partial charge in [-0.15, -0.1) is 0 Å². The molecule has 0 radical (unpaired) electrons. The number of piperazine rings is 1. The van der Waals surface area contributed by atoms with E-state index in [1.807, 2.05) is 0 Å². The fourth-order valence-corrected chi connectivity index (χ4v) is 2.89. The Morgan fingerprint density at radius 1 is 1.33 bits per heavy atom. The van der Waals surface area contributed by atoms with Gasteiger partial charge in [0, 0.05) is 38.3 Å². The Balaban J connectivity index is 2.11. The molecule has 0 aromatic carbocycles. The third-order valence-electron chi connectivity index (χ3n) is 4.00. The molecule has 0 saturated carbocycles. The van der Waals surface area contributed by atoms with Gasteiger partial charge in [0.15, 0.2) is 0 Å². The zero-order chi connectivity index (χ0) is 15.3. The third kappa shape index (κ3) is 2.56. The summed E-state index contributed by atoms with van der Waals surface area (Å²) in [5, 5.41) is 3.11. The maximum absolute atomic E-state index is 14.2. The van der Waals surface area contributed by atoms with Gasteiger partial charge in [0.2, 0.25) is 0 Å². The Hall–Kier alpha value is -1.44. The third-order valence-corrected chi connectivity index (χ3v) is 4.00. The Morgan fingerprint density at radius 3 is 2.81 bits per heavy atom. The van der Waals surface area contributed by atoms with Crippen LogP contribution in [0, 0.1) is 0 Å². The van der Waals surface area contributed by atoms with Gasteiger partial charge in [-0.2, -0.15) is 13.2 Å². The molecule has 3 nitrogen and oxygen atoms in total. The van der Waals surface area contributed by atoms with Crippen molar-refractivity contribution in [3.8, 4) is 0 Å². The molecule has 21 heavy (non-hydrogen) atoms. The second-order valence-corrected chi connectivity index (χ2v) is 5.39. The first-order valence-electron chi connectivity index (χ1n) is 6.72. The highest BCUT2D eigenvalue weighted by molar-refractivity contribution is 5.53. The zero-order valence-electron chi connectivity index (χ0n) is 11.1. The summed E-state index contributed by atoms with van der Waals surface area (Å²) in [6.45, 7) is 1.61. The van der Waals surface area contributed by atoms with E-state index >= 15 is 0 Å². The number of pyridine rings is 1. The summed E-state index contributed by atoms with van der Waals surface area (Å²) in [6, 6.07) is 0.391. The van der Waals surface area contributed by atoms with Gasteiger partial charge in [-0.05, 0) is 12.5 Å². The molecule has 1 atom stereocenters. The molecule has 1 aromatic rings. The number of aromatic nitrogens is 1. The molecule has 1 aromatic heterocycles. The molecule has 1 fully saturated rings.